The number of rotatable bonds is 5. The summed E-state index contributed by atoms with van der Waals surface area (Å²) in [6.45, 7) is 0. The molecule has 4 atom stereocenters. The van der Waals surface area contributed by atoms with E-state index >= 15 is 0 Å². The van der Waals surface area contributed by atoms with E-state index in [1.807, 2.05) is 0 Å². The van der Waals surface area contributed by atoms with Crippen molar-refractivity contribution in [1.29, 1.82) is 0 Å². The van der Waals surface area contributed by atoms with Gasteiger partial charge >= 0.3 is 0 Å². The summed E-state index contributed by atoms with van der Waals surface area (Å²) in [6.07, 6.45) is 2.82. The van der Waals surface area contributed by atoms with Crippen LogP contribution in [-0.2, 0) is 9.47 Å². The lowest BCUT2D eigenvalue weighted by Gasteiger charge is -2.38. The topological polar surface area (TPSA) is 21.7 Å². The van der Waals surface area contributed by atoms with Gasteiger partial charge in [0, 0.05) is 19.2 Å². The first-order chi connectivity index (χ1) is 13.0. The van der Waals surface area contributed by atoms with Gasteiger partial charge in [-0.3, -0.25) is 4.90 Å². The highest BCUT2D eigenvalue weighted by Gasteiger charge is 2.46. The van der Waals surface area contributed by atoms with E-state index in [0.717, 1.165) is 30.4 Å². The Labute approximate surface area is 158 Å². The highest BCUT2D eigenvalue weighted by atomic mass is 19.1. The molecule has 0 unspecified atom stereocenters. The molecule has 0 spiro atoms. The maximum absolute atomic E-state index is 13.4. The molecule has 2 aromatic rings. The molecule has 0 saturated carbocycles. The Hall–Kier alpha value is -1.82. The molecule has 2 bridgehead atoms. The maximum atomic E-state index is 13.4. The van der Waals surface area contributed by atoms with Gasteiger partial charge in [-0.25, -0.2) is 8.78 Å². The summed E-state index contributed by atoms with van der Waals surface area (Å²) in [7, 11) is 3.93. The minimum Gasteiger partial charge on any atom is -0.380 e. The van der Waals surface area contributed by atoms with Crippen LogP contribution in [-0.4, -0.2) is 43.3 Å². The molecule has 0 aromatic heterocycles. The summed E-state index contributed by atoms with van der Waals surface area (Å²) < 4.78 is 39.0. The van der Waals surface area contributed by atoms with Crippen LogP contribution in [0.5, 0.6) is 0 Å². The van der Waals surface area contributed by atoms with Crippen molar-refractivity contribution >= 4 is 0 Å². The summed E-state index contributed by atoms with van der Waals surface area (Å²) in [5.41, 5.74) is 1.75. The zero-order chi connectivity index (χ0) is 19.0. The first-order valence-corrected chi connectivity index (χ1v) is 9.46. The van der Waals surface area contributed by atoms with Crippen LogP contribution in [0.3, 0.4) is 0 Å². The lowest BCUT2D eigenvalue weighted by Crippen LogP contribution is -2.45. The van der Waals surface area contributed by atoms with Crippen molar-refractivity contribution in [1.82, 2.24) is 4.90 Å². The molecular weight excluding hydrogens is 348 g/mol. The van der Waals surface area contributed by atoms with E-state index in [-0.39, 0.29) is 29.9 Å². The monoisotopic (exact) mass is 373 g/mol. The van der Waals surface area contributed by atoms with Crippen LogP contribution in [0.2, 0.25) is 0 Å². The van der Waals surface area contributed by atoms with Crippen molar-refractivity contribution in [2.75, 3.05) is 14.2 Å². The second-order valence-corrected chi connectivity index (χ2v) is 7.61. The van der Waals surface area contributed by atoms with E-state index in [0.29, 0.717) is 12.1 Å². The second kappa shape index (κ2) is 7.66. The lowest BCUT2D eigenvalue weighted by atomic mass is 9.97. The predicted molar refractivity (Wildman–Crippen MR) is 99.5 cm³/mol. The molecule has 2 saturated heterocycles. The molecule has 5 heteroatoms. The standard InChI is InChI=1S/C22H25F2NO2/c1-25-18-11-19(13-20(25)21(12-18)26-2)27-22(14-3-7-16(23)8-4-14)15-5-9-17(24)10-6-15/h3-10,18-22H,11-13H2,1-2H3/t18-,19+,20-,21+/m1/s1. The summed E-state index contributed by atoms with van der Waals surface area (Å²) in [6, 6.07) is 13.5. The van der Waals surface area contributed by atoms with Crippen LogP contribution in [0.15, 0.2) is 48.5 Å². The Morgan fingerprint density at radius 1 is 0.889 bits per heavy atom. The number of halogens is 2. The summed E-state index contributed by atoms with van der Waals surface area (Å²) in [5, 5.41) is 0. The van der Waals surface area contributed by atoms with E-state index in [2.05, 4.69) is 11.9 Å². The van der Waals surface area contributed by atoms with Gasteiger partial charge in [-0.2, -0.15) is 0 Å². The smallest absolute Gasteiger partial charge is 0.123 e. The maximum Gasteiger partial charge on any atom is 0.123 e. The van der Waals surface area contributed by atoms with Gasteiger partial charge in [0.25, 0.3) is 0 Å². The fraction of sp³-hybridized carbons (Fsp3) is 0.455. The van der Waals surface area contributed by atoms with Crippen LogP contribution < -0.4 is 0 Å². The van der Waals surface area contributed by atoms with Crippen LogP contribution >= 0.6 is 0 Å². The number of hydrogen-bond acceptors (Lipinski definition) is 3. The van der Waals surface area contributed by atoms with Crippen LogP contribution in [0.4, 0.5) is 8.78 Å². The number of ether oxygens (including phenoxy) is 2. The van der Waals surface area contributed by atoms with Gasteiger partial charge in [0.05, 0.1) is 12.2 Å². The van der Waals surface area contributed by atoms with Gasteiger partial charge < -0.3 is 9.47 Å². The average molecular weight is 373 g/mol. The molecule has 27 heavy (non-hydrogen) atoms. The number of methoxy groups -OCH3 is 1. The van der Waals surface area contributed by atoms with Crippen LogP contribution in [0.1, 0.15) is 36.5 Å². The molecule has 2 aliphatic heterocycles. The summed E-state index contributed by atoms with van der Waals surface area (Å²) >= 11 is 0. The third kappa shape index (κ3) is 3.77. The van der Waals surface area contributed by atoms with E-state index < -0.39 is 0 Å². The van der Waals surface area contributed by atoms with Crippen molar-refractivity contribution in [2.45, 2.75) is 49.7 Å². The lowest BCUT2D eigenvalue weighted by molar-refractivity contribution is -0.0523. The van der Waals surface area contributed by atoms with Crippen LogP contribution in [0.25, 0.3) is 0 Å². The molecule has 2 aromatic carbocycles. The predicted octanol–water partition coefficient (Wildman–Crippen LogP) is 4.32. The molecule has 2 aliphatic rings. The molecular formula is C22H25F2NO2. The van der Waals surface area contributed by atoms with E-state index in [1.54, 1.807) is 31.4 Å². The Balaban J connectivity index is 1.58. The summed E-state index contributed by atoms with van der Waals surface area (Å²) in [4.78, 5) is 2.40. The Morgan fingerprint density at radius 3 is 1.96 bits per heavy atom. The second-order valence-electron chi connectivity index (χ2n) is 7.61. The fourth-order valence-electron chi connectivity index (χ4n) is 4.56. The first kappa shape index (κ1) is 18.5. The average Bonchev–Trinajstić information content (AvgIpc) is 2.85. The number of fused-ring (bicyclic) bond motifs is 2. The van der Waals surface area contributed by atoms with Gasteiger partial charge in [-0.1, -0.05) is 24.3 Å². The largest absolute Gasteiger partial charge is 0.380 e. The number of likely N-dealkylation sites (N-methyl/N-ethyl adjacent to an activating group) is 1. The number of benzene rings is 2. The van der Waals surface area contributed by atoms with Crippen molar-refractivity contribution < 1.29 is 18.3 Å². The third-order valence-corrected chi connectivity index (χ3v) is 6.05. The van der Waals surface area contributed by atoms with E-state index in [1.165, 1.54) is 24.3 Å². The summed E-state index contributed by atoms with van der Waals surface area (Å²) in [5.74, 6) is -0.561. The molecule has 144 valence electrons. The fourth-order valence-corrected chi connectivity index (χ4v) is 4.56. The van der Waals surface area contributed by atoms with Crippen LogP contribution in [0, 0.1) is 11.6 Å². The number of hydrogen-bond donors (Lipinski definition) is 0. The first-order valence-electron chi connectivity index (χ1n) is 9.46. The SMILES string of the molecule is CO[C@H]1C[C@H]2C[C@H](OC(c3ccc(F)cc3)c3ccc(F)cc3)C[C@H]1N2C. The highest BCUT2D eigenvalue weighted by molar-refractivity contribution is 5.30. The Morgan fingerprint density at radius 2 is 1.44 bits per heavy atom. The van der Waals surface area contributed by atoms with Crippen molar-refractivity contribution in [3.05, 3.63) is 71.3 Å². The third-order valence-electron chi connectivity index (χ3n) is 6.05. The molecule has 0 amide bonds. The molecule has 3 nitrogen and oxygen atoms in total. The van der Waals surface area contributed by atoms with Crippen molar-refractivity contribution in [2.24, 2.45) is 0 Å². The Bertz CT molecular complexity index is 719. The quantitative estimate of drug-likeness (QED) is 0.779. The van der Waals surface area contributed by atoms with Crippen molar-refractivity contribution in [3.8, 4) is 0 Å². The molecule has 4 rings (SSSR count). The zero-order valence-electron chi connectivity index (χ0n) is 15.6. The zero-order valence-corrected chi connectivity index (χ0v) is 15.6. The van der Waals surface area contributed by atoms with Gasteiger partial charge in [0.15, 0.2) is 0 Å². The van der Waals surface area contributed by atoms with E-state index in [4.69, 9.17) is 9.47 Å². The molecule has 0 radical (unpaired) electrons. The minimum atomic E-state index is -0.347. The van der Waals surface area contributed by atoms with Crippen molar-refractivity contribution in [3.63, 3.8) is 0 Å². The minimum absolute atomic E-state index is 0.0801. The van der Waals surface area contributed by atoms with Gasteiger partial charge in [0.1, 0.15) is 17.7 Å². The highest BCUT2D eigenvalue weighted by Crippen LogP contribution is 2.39. The van der Waals surface area contributed by atoms with Gasteiger partial charge in [-0.15, -0.1) is 0 Å². The number of nitrogens with zero attached hydrogens (tertiary/aromatic N) is 1. The molecule has 0 N–H and O–H groups in total. The molecule has 0 aliphatic carbocycles. The normalized spacial score (nSPS) is 28.0. The van der Waals surface area contributed by atoms with E-state index in [9.17, 15) is 8.78 Å². The molecule has 2 fully saturated rings. The van der Waals surface area contributed by atoms with Gasteiger partial charge in [0.2, 0.25) is 0 Å². The molecule has 2 heterocycles. The van der Waals surface area contributed by atoms with Gasteiger partial charge in [-0.05, 0) is 61.7 Å². The Kier molecular flexibility index (Phi) is 5.26. The number of piperidine rings is 1.